The van der Waals surface area contributed by atoms with Gasteiger partial charge >= 0.3 is 0 Å². The van der Waals surface area contributed by atoms with Crippen LogP contribution in [-0.4, -0.2) is 23.6 Å². The highest BCUT2D eigenvalue weighted by Gasteiger charge is 2.17. The van der Waals surface area contributed by atoms with Crippen molar-refractivity contribution in [1.29, 1.82) is 0 Å². The third-order valence-corrected chi connectivity index (χ3v) is 3.67. The van der Waals surface area contributed by atoms with Gasteiger partial charge in [-0.3, -0.25) is 14.4 Å². The summed E-state index contributed by atoms with van der Waals surface area (Å²) in [5.41, 5.74) is 1.76. The zero-order chi connectivity index (χ0) is 18.4. The van der Waals surface area contributed by atoms with Crippen LogP contribution in [0.2, 0.25) is 0 Å². The van der Waals surface area contributed by atoms with E-state index in [1.165, 1.54) is 6.92 Å². The van der Waals surface area contributed by atoms with E-state index in [-0.39, 0.29) is 17.5 Å². The molecule has 0 unspecified atom stereocenters. The Hall–Kier alpha value is -2.95. The standard InChI is InChI=1S/C20H21NO4/c1-4-19(23)15-7-11-18(12-8-15)25-13(2)20(24)16-5-9-17(10-6-16)21-14(3)22/h5-13H,4H2,1-3H3,(H,21,22)/t13-/m1/s1. The smallest absolute Gasteiger partial charge is 0.221 e. The van der Waals surface area contributed by atoms with Crippen LogP contribution in [-0.2, 0) is 4.79 Å². The van der Waals surface area contributed by atoms with Gasteiger partial charge in [0.1, 0.15) is 5.75 Å². The molecule has 0 heterocycles. The molecule has 5 heteroatoms. The van der Waals surface area contributed by atoms with Gasteiger partial charge in [-0.1, -0.05) is 6.92 Å². The zero-order valence-corrected chi connectivity index (χ0v) is 14.5. The molecule has 0 aliphatic heterocycles. The van der Waals surface area contributed by atoms with Gasteiger partial charge < -0.3 is 10.1 Å². The molecular weight excluding hydrogens is 318 g/mol. The van der Waals surface area contributed by atoms with Gasteiger partial charge in [0, 0.05) is 30.2 Å². The molecular formula is C20H21NO4. The van der Waals surface area contributed by atoms with Gasteiger partial charge in [-0.05, 0) is 55.5 Å². The summed E-state index contributed by atoms with van der Waals surface area (Å²) in [6, 6.07) is 13.4. The van der Waals surface area contributed by atoms with E-state index < -0.39 is 6.10 Å². The molecule has 2 aromatic carbocycles. The van der Waals surface area contributed by atoms with Crippen molar-refractivity contribution < 1.29 is 19.1 Å². The molecule has 1 atom stereocenters. The van der Waals surface area contributed by atoms with Crippen molar-refractivity contribution in [3.8, 4) is 5.75 Å². The highest BCUT2D eigenvalue weighted by molar-refractivity contribution is 6.00. The summed E-state index contributed by atoms with van der Waals surface area (Å²) in [5.74, 6) is 0.266. The molecule has 0 aliphatic rings. The third kappa shape index (κ3) is 5.01. The molecule has 1 N–H and O–H groups in total. The lowest BCUT2D eigenvalue weighted by atomic mass is 10.1. The van der Waals surface area contributed by atoms with E-state index in [2.05, 4.69) is 5.32 Å². The van der Waals surface area contributed by atoms with Crippen LogP contribution in [0.15, 0.2) is 48.5 Å². The first-order chi connectivity index (χ1) is 11.9. The Balaban J connectivity index is 2.02. The van der Waals surface area contributed by atoms with Gasteiger partial charge in [-0.25, -0.2) is 0 Å². The van der Waals surface area contributed by atoms with E-state index in [1.807, 2.05) is 6.92 Å². The first kappa shape index (κ1) is 18.4. The first-order valence-electron chi connectivity index (χ1n) is 8.12. The first-order valence-corrected chi connectivity index (χ1v) is 8.12. The zero-order valence-electron chi connectivity index (χ0n) is 14.5. The van der Waals surface area contributed by atoms with E-state index in [0.29, 0.717) is 29.0 Å². The van der Waals surface area contributed by atoms with Gasteiger partial charge in [0.05, 0.1) is 0 Å². The number of hydrogen-bond acceptors (Lipinski definition) is 4. The molecule has 0 radical (unpaired) electrons. The number of carbonyl (C=O) groups is 3. The minimum atomic E-state index is -0.667. The Morgan fingerprint density at radius 3 is 2.04 bits per heavy atom. The molecule has 0 saturated carbocycles. The molecule has 25 heavy (non-hydrogen) atoms. The number of ether oxygens (including phenoxy) is 1. The molecule has 0 fully saturated rings. The number of carbonyl (C=O) groups excluding carboxylic acids is 3. The molecule has 0 aliphatic carbocycles. The van der Waals surface area contributed by atoms with Crippen LogP contribution in [0.5, 0.6) is 5.75 Å². The van der Waals surface area contributed by atoms with E-state index >= 15 is 0 Å². The number of Topliss-reactive ketones (excluding diaryl/α,β-unsaturated/α-hetero) is 2. The van der Waals surface area contributed by atoms with E-state index in [4.69, 9.17) is 4.74 Å². The van der Waals surface area contributed by atoms with Crippen molar-refractivity contribution in [2.45, 2.75) is 33.3 Å². The number of rotatable bonds is 7. The predicted octanol–water partition coefficient (Wildman–Crippen LogP) is 3.89. The fourth-order valence-corrected chi connectivity index (χ4v) is 2.34. The molecule has 2 rings (SSSR count). The third-order valence-electron chi connectivity index (χ3n) is 3.67. The van der Waals surface area contributed by atoms with Crippen molar-refractivity contribution in [2.24, 2.45) is 0 Å². The van der Waals surface area contributed by atoms with Gasteiger partial charge in [-0.15, -0.1) is 0 Å². The Morgan fingerprint density at radius 1 is 0.960 bits per heavy atom. The van der Waals surface area contributed by atoms with Crippen LogP contribution in [0, 0.1) is 0 Å². The lowest BCUT2D eigenvalue weighted by Gasteiger charge is -2.14. The normalized spacial score (nSPS) is 11.5. The average molecular weight is 339 g/mol. The van der Waals surface area contributed by atoms with Crippen LogP contribution in [0.4, 0.5) is 5.69 Å². The summed E-state index contributed by atoms with van der Waals surface area (Å²) >= 11 is 0. The predicted molar refractivity (Wildman–Crippen MR) is 96.2 cm³/mol. The molecule has 0 spiro atoms. The largest absolute Gasteiger partial charge is 0.483 e. The fourth-order valence-electron chi connectivity index (χ4n) is 2.34. The van der Waals surface area contributed by atoms with Crippen LogP contribution in [0.1, 0.15) is 47.9 Å². The molecule has 0 bridgehead atoms. The quantitative estimate of drug-likeness (QED) is 0.777. The highest BCUT2D eigenvalue weighted by Crippen LogP contribution is 2.17. The summed E-state index contributed by atoms with van der Waals surface area (Å²) in [6.45, 7) is 4.91. The van der Waals surface area contributed by atoms with Crippen LogP contribution in [0.3, 0.4) is 0 Å². The Labute approximate surface area is 147 Å². The monoisotopic (exact) mass is 339 g/mol. The summed E-state index contributed by atoms with van der Waals surface area (Å²) in [4.78, 5) is 35.1. The van der Waals surface area contributed by atoms with Crippen molar-refractivity contribution in [2.75, 3.05) is 5.32 Å². The minimum Gasteiger partial charge on any atom is -0.483 e. The Bertz CT molecular complexity index is 763. The topological polar surface area (TPSA) is 72.5 Å². The van der Waals surface area contributed by atoms with Crippen molar-refractivity contribution in [3.05, 3.63) is 59.7 Å². The van der Waals surface area contributed by atoms with Gasteiger partial charge in [0.25, 0.3) is 0 Å². The fraction of sp³-hybridized carbons (Fsp3) is 0.250. The van der Waals surface area contributed by atoms with Gasteiger partial charge in [-0.2, -0.15) is 0 Å². The van der Waals surface area contributed by atoms with Crippen molar-refractivity contribution in [3.63, 3.8) is 0 Å². The van der Waals surface area contributed by atoms with E-state index in [1.54, 1.807) is 55.5 Å². The molecule has 130 valence electrons. The number of benzene rings is 2. The maximum absolute atomic E-state index is 12.4. The summed E-state index contributed by atoms with van der Waals surface area (Å²) in [7, 11) is 0. The average Bonchev–Trinajstić information content (AvgIpc) is 2.61. The van der Waals surface area contributed by atoms with E-state index in [9.17, 15) is 14.4 Å². The second-order valence-electron chi connectivity index (χ2n) is 5.68. The summed E-state index contributed by atoms with van der Waals surface area (Å²) in [6.07, 6.45) is -0.219. The lowest BCUT2D eigenvalue weighted by Crippen LogP contribution is -2.24. The summed E-state index contributed by atoms with van der Waals surface area (Å²) < 4.78 is 5.66. The molecule has 2 aromatic rings. The minimum absolute atomic E-state index is 0.0648. The highest BCUT2D eigenvalue weighted by atomic mass is 16.5. The van der Waals surface area contributed by atoms with Crippen LogP contribution in [0.25, 0.3) is 0 Å². The number of hydrogen-bond donors (Lipinski definition) is 1. The Morgan fingerprint density at radius 2 is 1.52 bits per heavy atom. The number of nitrogens with one attached hydrogen (secondary N) is 1. The van der Waals surface area contributed by atoms with Gasteiger partial charge in [0.2, 0.25) is 11.7 Å². The lowest BCUT2D eigenvalue weighted by molar-refractivity contribution is -0.114. The number of amides is 1. The second kappa shape index (κ2) is 8.24. The molecule has 0 aromatic heterocycles. The molecule has 5 nitrogen and oxygen atoms in total. The Kier molecular flexibility index (Phi) is 6.06. The SMILES string of the molecule is CCC(=O)c1ccc(O[C@H](C)C(=O)c2ccc(NC(C)=O)cc2)cc1. The van der Waals surface area contributed by atoms with Crippen LogP contribution < -0.4 is 10.1 Å². The van der Waals surface area contributed by atoms with Crippen molar-refractivity contribution in [1.82, 2.24) is 0 Å². The number of anilines is 1. The maximum Gasteiger partial charge on any atom is 0.221 e. The second-order valence-corrected chi connectivity index (χ2v) is 5.68. The molecule has 0 saturated heterocycles. The van der Waals surface area contributed by atoms with Crippen molar-refractivity contribution >= 4 is 23.2 Å². The van der Waals surface area contributed by atoms with Gasteiger partial charge in [0.15, 0.2) is 11.9 Å². The maximum atomic E-state index is 12.4. The van der Waals surface area contributed by atoms with E-state index in [0.717, 1.165) is 0 Å². The summed E-state index contributed by atoms with van der Waals surface area (Å²) in [5, 5.41) is 2.65. The number of ketones is 2. The molecule has 1 amide bonds. The van der Waals surface area contributed by atoms with Crippen LogP contribution >= 0.6 is 0 Å².